The molecular formula is C19H14F3N3OS. The number of hydrogen-bond acceptors (Lipinski definition) is 3. The van der Waals surface area contributed by atoms with Crippen LogP contribution >= 0.6 is 11.8 Å². The minimum absolute atomic E-state index is 0.125. The summed E-state index contributed by atoms with van der Waals surface area (Å²) in [5, 5.41) is 6.81. The molecule has 0 bridgehead atoms. The van der Waals surface area contributed by atoms with Gasteiger partial charge in [-0.3, -0.25) is 4.79 Å². The number of thioether (sulfide) groups is 1. The molecule has 4 rings (SSSR count). The largest absolute Gasteiger partial charge is 0.310 e. The van der Waals surface area contributed by atoms with Gasteiger partial charge in [0.05, 0.1) is 22.4 Å². The van der Waals surface area contributed by atoms with Crippen molar-refractivity contribution >= 4 is 23.5 Å². The quantitative estimate of drug-likeness (QED) is 0.708. The normalized spacial score (nSPS) is 16.6. The zero-order valence-electron chi connectivity index (χ0n) is 14.2. The Morgan fingerprint density at radius 3 is 2.41 bits per heavy atom. The van der Waals surface area contributed by atoms with E-state index in [4.69, 9.17) is 0 Å². The summed E-state index contributed by atoms with van der Waals surface area (Å²) in [6, 6.07) is 9.01. The highest BCUT2D eigenvalue weighted by atomic mass is 32.2. The smallest absolute Gasteiger partial charge is 0.235 e. The number of carbonyl (C=O) groups is 1. The molecule has 1 N–H and O–H groups in total. The van der Waals surface area contributed by atoms with E-state index >= 15 is 0 Å². The molecule has 8 heteroatoms. The second-order valence-electron chi connectivity index (χ2n) is 6.18. The number of fused-ring (bicyclic) bond motifs is 1. The van der Waals surface area contributed by atoms with Gasteiger partial charge in [0, 0.05) is 11.6 Å². The second kappa shape index (κ2) is 6.77. The Morgan fingerprint density at radius 2 is 1.74 bits per heavy atom. The van der Waals surface area contributed by atoms with Crippen molar-refractivity contribution in [1.82, 2.24) is 9.78 Å². The predicted octanol–water partition coefficient (Wildman–Crippen LogP) is 4.37. The van der Waals surface area contributed by atoms with Crippen molar-refractivity contribution in [3.63, 3.8) is 0 Å². The first-order chi connectivity index (χ1) is 12.9. The summed E-state index contributed by atoms with van der Waals surface area (Å²) in [6.07, 6.45) is 0. The molecule has 0 saturated heterocycles. The Morgan fingerprint density at radius 1 is 1.07 bits per heavy atom. The monoisotopic (exact) mass is 389 g/mol. The van der Waals surface area contributed by atoms with Crippen LogP contribution in [0.4, 0.5) is 19.0 Å². The molecule has 2 heterocycles. The Labute approximate surface area is 157 Å². The van der Waals surface area contributed by atoms with Crippen molar-refractivity contribution in [3.8, 4) is 5.69 Å². The first-order valence-corrected chi connectivity index (χ1v) is 9.20. The predicted molar refractivity (Wildman–Crippen MR) is 97.5 cm³/mol. The van der Waals surface area contributed by atoms with Gasteiger partial charge in [0.1, 0.15) is 23.3 Å². The Balaban J connectivity index is 1.90. The van der Waals surface area contributed by atoms with E-state index in [2.05, 4.69) is 10.4 Å². The molecule has 0 unspecified atom stereocenters. The van der Waals surface area contributed by atoms with Gasteiger partial charge in [-0.25, -0.2) is 17.9 Å². The first kappa shape index (κ1) is 17.7. The number of hydrogen-bond donors (Lipinski definition) is 1. The number of aromatic nitrogens is 2. The average Bonchev–Trinajstić information content (AvgIpc) is 2.81. The molecule has 1 atom stereocenters. The van der Waals surface area contributed by atoms with Crippen LogP contribution in [0.25, 0.3) is 5.69 Å². The number of anilines is 1. The van der Waals surface area contributed by atoms with E-state index in [0.29, 0.717) is 28.3 Å². The topological polar surface area (TPSA) is 46.9 Å². The zero-order valence-corrected chi connectivity index (χ0v) is 15.0. The molecule has 1 amide bonds. The fourth-order valence-electron chi connectivity index (χ4n) is 3.14. The summed E-state index contributed by atoms with van der Waals surface area (Å²) in [6.45, 7) is 1.76. The first-order valence-electron chi connectivity index (χ1n) is 8.15. The molecule has 0 spiro atoms. The third-order valence-corrected chi connectivity index (χ3v) is 5.54. The lowest BCUT2D eigenvalue weighted by molar-refractivity contribution is -0.113. The lowest BCUT2D eigenvalue weighted by Crippen LogP contribution is -2.15. The SMILES string of the molecule is Cc1nn(-c2ccc(F)cc2)c2c1[C@@H](c1cc(F)cc(F)c1)SCC(=O)N2. The molecule has 2 aromatic carbocycles. The average molecular weight is 389 g/mol. The number of aryl methyl sites for hydroxylation is 1. The number of nitrogens with zero attached hydrogens (tertiary/aromatic N) is 2. The van der Waals surface area contributed by atoms with Crippen molar-refractivity contribution < 1.29 is 18.0 Å². The van der Waals surface area contributed by atoms with E-state index in [1.54, 1.807) is 19.1 Å². The van der Waals surface area contributed by atoms with Crippen LogP contribution in [0.2, 0.25) is 0 Å². The van der Waals surface area contributed by atoms with Gasteiger partial charge < -0.3 is 5.32 Å². The third kappa shape index (κ3) is 3.32. The van der Waals surface area contributed by atoms with Gasteiger partial charge in [-0.2, -0.15) is 5.10 Å². The maximum Gasteiger partial charge on any atom is 0.235 e. The van der Waals surface area contributed by atoms with Gasteiger partial charge in [0.15, 0.2) is 0 Å². The zero-order chi connectivity index (χ0) is 19.1. The number of benzene rings is 2. The van der Waals surface area contributed by atoms with Crippen molar-refractivity contribution in [2.75, 3.05) is 11.1 Å². The summed E-state index contributed by atoms with van der Waals surface area (Å²) in [5.74, 6) is -1.45. The third-order valence-electron chi connectivity index (χ3n) is 4.27. The number of halogens is 3. The van der Waals surface area contributed by atoms with Gasteiger partial charge in [-0.05, 0) is 48.9 Å². The van der Waals surface area contributed by atoms with Gasteiger partial charge in [-0.1, -0.05) is 0 Å². The van der Waals surface area contributed by atoms with E-state index < -0.39 is 16.9 Å². The molecule has 138 valence electrons. The molecule has 3 aromatic rings. The summed E-state index contributed by atoms with van der Waals surface area (Å²) in [4.78, 5) is 12.2. The molecule has 1 aliphatic rings. The highest BCUT2D eigenvalue weighted by Gasteiger charge is 2.31. The molecule has 0 aliphatic carbocycles. The van der Waals surface area contributed by atoms with E-state index in [1.165, 1.54) is 40.7 Å². The van der Waals surface area contributed by atoms with E-state index in [0.717, 1.165) is 6.07 Å². The van der Waals surface area contributed by atoms with Crippen LogP contribution in [0.1, 0.15) is 22.1 Å². The van der Waals surface area contributed by atoms with Crippen LogP contribution in [-0.4, -0.2) is 21.4 Å². The molecule has 0 fully saturated rings. The van der Waals surface area contributed by atoms with Gasteiger partial charge in [0.25, 0.3) is 0 Å². The molecule has 0 saturated carbocycles. The second-order valence-corrected chi connectivity index (χ2v) is 7.27. The van der Waals surface area contributed by atoms with Crippen LogP contribution in [0.15, 0.2) is 42.5 Å². The highest BCUT2D eigenvalue weighted by molar-refractivity contribution is 8.00. The summed E-state index contributed by atoms with van der Waals surface area (Å²) in [7, 11) is 0. The minimum atomic E-state index is -0.681. The lowest BCUT2D eigenvalue weighted by atomic mass is 10.0. The minimum Gasteiger partial charge on any atom is -0.310 e. The molecule has 1 aliphatic heterocycles. The number of rotatable bonds is 2. The van der Waals surface area contributed by atoms with Crippen LogP contribution in [-0.2, 0) is 4.79 Å². The fourth-order valence-corrected chi connectivity index (χ4v) is 4.31. The van der Waals surface area contributed by atoms with E-state index in [1.807, 2.05) is 0 Å². The van der Waals surface area contributed by atoms with Gasteiger partial charge in [0.2, 0.25) is 5.91 Å². The van der Waals surface area contributed by atoms with Crippen molar-refractivity contribution in [1.29, 1.82) is 0 Å². The molecule has 0 radical (unpaired) electrons. The van der Waals surface area contributed by atoms with Gasteiger partial charge >= 0.3 is 0 Å². The van der Waals surface area contributed by atoms with Crippen molar-refractivity contribution in [3.05, 3.63) is 76.7 Å². The maximum absolute atomic E-state index is 13.8. The molecule has 4 nitrogen and oxygen atoms in total. The van der Waals surface area contributed by atoms with Crippen LogP contribution < -0.4 is 5.32 Å². The Bertz CT molecular complexity index is 1010. The van der Waals surface area contributed by atoms with Crippen LogP contribution in [0, 0.1) is 24.4 Å². The summed E-state index contributed by atoms with van der Waals surface area (Å²) < 4.78 is 42.3. The number of amides is 1. The van der Waals surface area contributed by atoms with E-state index in [-0.39, 0.29) is 17.5 Å². The fraction of sp³-hybridized carbons (Fsp3) is 0.158. The number of nitrogens with one attached hydrogen (secondary N) is 1. The summed E-state index contributed by atoms with van der Waals surface area (Å²) in [5.41, 5.74) is 2.26. The molecule has 27 heavy (non-hydrogen) atoms. The van der Waals surface area contributed by atoms with Gasteiger partial charge in [-0.15, -0.1) is 11.8 Å². The number of carbonyl (C=O) groups excluding carboxylic acids is 1. The van der Waals surface area contributed by atoms with Crippen LogP contribution in [0.5, 0.6) is 0 Å². The van der Waals surface area contributed by atoms with Crippen molar-refractivity contribution in [2.24, 2.45) is 0 Å². The Kier molecular flexibility index (Phi) is 4.43. The summed E-state index contributed by atoms with van der Waals surface area (Å²) >= 11 is 1.27. The Hall–Kier alpha value is -2.74. The lowest BCUT2D eigenvalue weighted by Gasteiger charge is -2.15. The molecular weight excluding hydrogens is 375 g/mol. The standard InChI is InChI=1S/C19H14F3N3OS/c1-10-17-18(11-6-13(21)8-14(22)7-11)27-9-16(26)23-19(17)25(24-10)15-4-2-12(20)3-5-15/h2-8,18H,9H2,1H3,(H,23,26)/t18-/m1/s1. The molecule has 1 aromatic heterocycles. The maximum atomic E-state index is 13.8. The van der Waals surface area contributed by atoms with Crippen LogP contribution in [0.3, 0.4) is 0 Å². The highest BCUT2D eigenvalue weighted by Crippen LogP contribution is 2.44. The van der Waals surface area contributed by atoms with Crippen molar-refractivity contribution in [2.45, 2.75) is 12.2 Å². The van der Waals surface area contributed by atoms with E-state index in [9.17, 15) is 18.0 Å².